The van der Waals surface area contributed by atoms with Gasteiger partial charge in [-0.05, 0) is 53.2 Å². The zero-order chi connectivity index (χ0) is 18.0. The van der Waals surface area contributed by atoms with E-state index in [-0.39, 0.29) is 17.7 Å². The quantitative estimate of drug-likeness (QED) is 0.666. The number of carbonyl (C=O) groups is 2. The highest BCUT2D eigenvalue weighted by atomic mass is 35.5. The van der Waals surface area contributed by atoms with Gasteiger partial charge in [-0.3, -0.25) is 14.5 Å². The zero-order valence-corrected chi connectivity index (χ0v) is 15.5. The fourth-order valence-electron chi connectivity index (χ4n) is 2.31. The van der Waals surface area contributed by atoms with E-state index in [4.69, 9.17) is 27.9 Å². The van der Waals surface area contributed by atoms with E-state index in [0.717, 1.165) is 28.6 Å². The minimum Gasteiger partial charge on any atom is -0.497 e. The third-order valence-corrected chi connectivity index (χ3v) is 5.26. The van der Waals surface area contributed by atoms with Crippen molar-refractivity contribution in [2.45, 2.75) is 6.54 Å². The van der Waals surface area contributed by atoms with Crippen molar-refractivity contribution >= 4 is 52.2 Å². The van der Waals surface area contributed by atoms with Gasteiger partial charge in [-0.25, -0.2) is 0 Å². The number of benzene rings is 2. The van der Waals surface area contributed by atoms with Crippen molar-refractivity contribution in [3.8, 4) is 5.75 Å². The number of methoxy groups -OCH3 is 1. The van der Waals surface area contributed by atoms with Gasteiger partial charge in [0, 0.05) is 0 Å². The smallest absolute Gasteiger partial charge is 0.293 e. The van der Waals surface area contributed by atoms with Crippen LogP contribution in [0.1, 0.15) is 11.1 Å². The summed E-state index contributed by atoms with van der Waals surface area (Å²) in [5.74, 6) is 0.404. The fraction of sp³-hybridized carbons (Fsp3) is 0.111. The predicted octanol–water partition coefficient (Wildman–Crippen LogP) is 5.24. The Morgan fingerprint density at radius 3 is 2.44 bits per heavy atom. The second-order valence-corrected chi connectivity index (χ2v) is 7.10. The molecular formula is C18H13Cl2NO3S. The molecule has 1 aliphatic rings. The van der Waals surface area contributed by atoms with Crippen LogP contribution in [0.2, 0.25) is 10.0 Å². The topological polar surface area (TPSA) is 46.6 Å². The number of imide groups is 1. The Labute approximate surface area is 159 Å². The molecule has 0 aromatic heterocycles. The molecule has 0 spiro atoms. The minimum absolute atomic E-state index is 0.154. The van der Waals surface area contributed by atoms with Gasteiger partial charge in [0.2, 0.25) is 0 Å². The molecule has 0 atom stereocenters. The van der Waals surface area contributed by atoms with Crippen LogP contribution >= 0.6 is 35.0 Å². The highest BCUT2D eigenvalue weighted by molar-refractivity contribution is 8.18. The van der Waals surface area contributed by atoms with Crippen molar-refractivity contribution < 1.29 is 14.3 Å². The first kappa shape index (κ1) is 17.9. The number of hydrogen-bond acceptors (Lipinski definition) is 4. The molecule has 0 radical (unpaired) electrons. The van der Waals surface area contributed by atoms with Crippen molar-refractivity contribution in [3.05, 3.63) is 68.5 Å². The van der Waals surface area contributed by atoms with Crippen LogP contribution in [0.5, 0.6) is 5.75 Å². The number of thioether (sulfide) groups is 1. The lowest BCUT2D eigenvalue weighted by Crippen LogP contribution is -2.27. The van der Waals surface area contributed by atoms with Gasteiger partial charge < -0.3 is 4.74 Å². The Balaban J connectivity index is 1.79. The van der Waals surface area contributed by atoms with Crippen LogP contribution in [0, 0.1) is 0 Å². The Kier molecular flexibility index (Phi) is 5.37. The molecule has 0 aliphatic carbocycles. The molecule has 1 fully saturated rings. The zero-order valence-electron chi connectivity index (χ0n) is 13.2. The molecule has 2 aromatic carbocycles. The number of halogens is 2. The summed E-state index contributed by atoms with van der Waals surface area (Å²) < 4.78 is 5.10. The van der Waals surface area contributed by atoms with E-state index in [1.54, 1.807) is 43.5 Å². The Hall–Kier alpha value is -1.95. The summed E-state index contributed by atoms with van der Waals surface area (Å²) in [6, 6.07) is 12.3. The largest absolute Gasteiger partial charge is 0.497 e. The van der Waals surface area contributed by atoms with Crippen molar-refractivity contribution in [1.82, 2.24) is 4.90 Å². The van der Waals surface area contributed by atoms with Crippen molar-refractivity contribution in [1.29, 1.82) is 0 Å². The van der Waals surface area contributed by atoms with Gasteiger partial charge in [-0.15, -0.1) is 0 Å². The highest BCUT2D eigenvalue weighted by Gasteiger charge is 2.35. The monoisotopic (exact) mass is 393 g/mol. The Morgan fingerprint density at radius 1 is 1.08 bits per heavy atom. The van der Waals surface area contributed by atoms with Crippen LogP contribution in [0.3, 0.4) is 0 Å². The second-order valence-electron chi connectivity index (χ2n) is 5.29. The Bertz CT molecular complexity index is 865. The van der Waals surface area contributed by atoms with E-state index in [9.17, 15) is 9.59 Å². The third kappa shape index (κ3) is 4.00. The number of rotatable bonds is 4. The van der Waals surface area contributed by atoms with Crippen LogP contribution in [0.15, 0.2) is 47.4 Å². The molecule has 0 saturated carbocycles. The summed E-state index contributed by atoms with van der Waals surface area (Å²) in [5, 5.41) is 0.509. The molecule has 2 amide bonds. The summed E-state index contributed by atoms with van der Waals surface area (Å²) in [6.07, 6.45) is 1.69. The molecule has 1 saturated heterocycles. The van der Waals surface area contributed by atoms with Gasteiger partial charge in [-0.2, -0.15) is 0 Å². The van der Waals surface area contributed by atoms with E-state index < -0.39 is 0 Å². The van der Waals surface area contributed by atoms with Crippen molar-refractivity contribution in [2.75, 3.05) is 7.11 Å². The molecule has 1 aliphatic heterocycles. The number of ether oxygens (including phenoxy) is 1. The second kappa shape index (κ2) is 7.52. The lowest BCUT2D eigenvalue weighted by molar-refractivity contribution is -0.123. The molecular weight excluding hydrogens is 381 g/mol. The maximum Gasteiger partial charge on any atom is 0.293 e. The summed E-state index contributed by atoms with van der Waals surface area (Å²) in [7, 11) is 1.59. The first-order chi connectivity index (χ1) is 12.0. The van der Waals surface area contributed by atoms with Gasteiger partial charge in [0.25, 0.3) is 11.1 Å². The summed E-state index contributed by atoms with van der Waals surface area (Å²) >= 11 is 12.8. The molecule has 3 rings (SSSR count). The maximum atomic E-state index is 12.5. The number of hydrogen-bond donors (Lipinski definition) is 0. The third-order valence-electron chi connectivity index (χ3n) is 3.61. The molecule has 1 heterocycles. The maximum absolute atomic E-state index is 12.5. The van der Waals surface area contributed by atoms with Crippen molar-refractivity contribution in [2.24, 2.45) is 0 Å². The average molecular weight is 394 g/mol. The van der Waals surface area contributed by atoms with Crippen molar-refractivity contribution in [3.63, 3.8) is 0 Å². The number of carbonyl (C=O) groups excluding carboxylic acids is 2. The lowest BCUT2D eigenvalue weighted by Gasteiger charge is -2.12. The van der Waals surface area contributed by atoms with Gasteiger partial charge in [-0.1, -0.05) is 41.4 Å². The van der Waals surface area contributed by atoms with Gasteiger partial charge >= 0.3 is 0 Å². The van der Waals surface area contributed by atoms with Crippen LogP contribution in [0.25, 0.3) is 6.08 Å². The van der Waals surface area contributed by atoms with E-state index >= 15 is 0 Å². The Morgan fingerprint density at radius 2 is 1.80 bits per heavy atom. The minimum atomic E-state index is -0.322. The van der Waals surface area contributed by atoms with E-state index in [2.05, 4.69) is 0 Å². The molecule has 7 heteroatoms. The van der Waals surface area contributed by atoms with Gasteiger partial charge in [0.1, 0.15) is 5.75 Å². The lowest BCUT2D eigenvalue weighted by atomic mass is 10.2. The number of nitrogens with zero attached hydrogens (tertiary/aromatic N) is 1. The molecule has 0 bridgehead atoms. The normalized spacial score (nSPS) is 16.0. The number of amides is 2. The molecule has 128 valence electrons. The van der Waals surface area contributed by atoms with E-state index in [1.807, 2.05) is 12.1 Å². The van der Waals surface area contributed by atoms with Gasteiger partial charge in [0.15, 0.2) is 0 Å². The van der Waals surface area contributed by atoms with Crippen LogP contribution in [-0.4, -0.2) is 23.2 Å². The van der Waals surface area contributed by atoms with Crippen LogP contribution in [0.4, 0.5) is 4.79 Å². The summed E-state index contributed by atoms with van der Waals surface area (Å²) in [4.78, 5) is 26.3. The first-order valence-electron chi connectivity index (χ1n) is 7.31. The average Bonchev–Trinajstić information content (AvgIpc) is 2.86. The van der Waals surface area contributed by atoms with Gasteiger partial charge in [0.05, 0.1) is 28.6 Å². The van der Waals surface area contributed by atoms with Crippen LogP contribution < -0.4 is 4.74 Å². The SMILES string of the molecule is COc1ccc(/C=C2\SC(=O)N(Cc3ccc(Cl)c(Cl)c3)C2=O)cc1. The molecule has 0 unspecified atom stereocenters. The highest BCUT2D eigenvalue weighted by Crippen LogP contribution is 2.34. The standard InChI is InChI=1S/C18H13Cl2NO3S/c1-24-13-5-2-11(3-6-13)9-16-17(22)21(18(23)25-16)10-12-4-7-14(19)15(20)8-12/h2-9H,10H2,1H3/b16-9-. The fourth-order valence-corrected chi connectivity index (χ4v) is 3.47. The molecule has 25 heavy (non-hydrogen) atoms. The summed E-state index contributed by atoms with van der Waals surface area (Å²) in [6.45, 7) is 0.154. The molecule has 4 nitrogen and oxygen atoms in total. The summed E-state index contributed by atoms with van der Waals surface area (Å²) in [5.41, 5.74) is 1.56. The van der Waals surface area contributed by atoms with E-state index in [0.29, 0.717) is 15.0 Å². The van der Waals surface area contributed by atoms with Crippen LogP contribution in [-0.2, 0) is 11.3 Å². The van der Waals surface area contributed by atoms with E-state index in [1.165, 1.54) is 4.90 Å². The first-order valence-corrected chi connectivity index (χ1v) is 8.88. The molecule has 2 aromatic rings. The predicted molar refractivity (Wildman–Crippen MR) is 101 cm³/mol. The molecule has 0 N–H and O–H groups in total.